The smallest absolute Gasteiger partial charge is 0.421 e. The fourth-order valence-electron chi connectivity index (χ4n) is 3.90. The second-order valence-corrected chi connectivity index (χ2v) is 11.4. The summed E-state index contributed by atoms with van der Waals surface area (Å²) >= 11 is 0. The van der Waals surface area contributed by atoms with E-state index in [4.69, 9.17) is 9.53 Å². The molecule has 0 bridgehead atoms. The van der Waals surface area contributed by atoms with Crippen LogP contribution in [0, 0.1) is 5.41 Å². The number of carbonyl (C=O) groups is 2. The first-order valence-corrected chi connectivity index (χ1v) is 14.5. The van der Waals surface area contributed by atoms with Gasteiger partial charge in [0.1, 0.15) is 35.5 Å². The molecule has 1 aliphatic heterocycles. The minimum Gasteiger partial charge on any atom is -0.479 e. The average molecular weight is 645 g/mol. The maximum Gasteiger partial charge on any atom is 0.421 e. The Hall–Kier alpha value is -4.72. The summed E-state index contributed by atoms with van der Waals surface area (Å²) in [5, 5.41) is 8.64. The van der Waals surface area contributed by atoms with Gasteiger partial charge < -0.3 is 35.3 Å². The van der Waals surface area contributed by atoms with Crippen molar-refractivity contribution in [3.63, 3.8) is 0 Å². The number of benzene rings is 1. The topological polar surface area (TPSA) is 125 Å². The highest BCUT2D eigenvalue weighted by Gasteiger charge is 2.35. The van der Waals surface area contributed by atoms with Gasteiger partial charge in [-0.15, -0.1) is 0 Å². The van der Waals surface area contributed by atoms with Gasteiger partial charge in [-0.1, -0.05) is 33.4 Å². The molecule has 1 saturated heterocycles. The number of hydrogen-bond donors (Lipinski definition) is 3. The number of carbonyl (C=O) groups excluding carboxylic acids is 2. The Morgan fingerprint density at radius 3 is 2.17 bits per heavy atom. The molecular weight excluding hydrogens is 601 g/mol. The molecule has 2 aromatic heterocycles. The van der Waals surface area contributed by atoms with Crippen molar-refractivity contribution < 1.29 is 27.5 Å². The molecule has 3 heterocycles. The van der Waals surface area contributed by atoms with Gasteiger partial charge in [-0.2, -0.15) is 23.1 Å². The molecule has 0 spiro atoms. The lowest BCUT2D eigenvalue weighted by molar-refractivity contribution is -0.137. The van der Waals surface area contributed by atoms with Crippen LogP contribution in [-0.2, 0) is 15.8 Å². The number of ether oxygens (including phenoxy) is 1. The Bertz CT molecular complexity index is 1420. The van der Waals surface area contributed by atoms with Crippen molar-refractivity contribution in [1.82, 2.24) is 19.9 Å². The first-order valence-electron chi connectivity index (χ1n) is 14.5. The lowest BCUT2D eigenvalue weighted by Crippen LogP contribution is -2.44. The summed E-state index contributed by atoms with van der Waals surface area (Å²) in [6, 6.07) is 10.4. The highest BCUT2D eigenvalue weighted by Crippen LogP contribution is 2.36. The summed E-state index contributed by atoms with van der Waals surface area (Å²) in [6.45, 7) is 12.8. The summed E-state index contributed by atoms with van der Waals surface area (Å²) in [5.41, 5.74) is 0.832. The molecule has 0 unspecified atom stereocenters. The van der Waals surface area contributed by atoms with Crippen LogP contribution in [-0.4, -0.2) is 79.8 Å². The zero-order chi connectivity index (χ0) is 34.3. The van der Waals surface area contributed by atoms with Gasteiger partial charge in [-0.3, -0.25) is 4.79 Å². The van der Waals surface area contributed by atoms with E-state index in [2.05, 4.69) is 54.3 Å². The molecule has 0 saturated carbocycles. The van der Waals surface area contributed by atoms with Crippen molar-refractivity contribution in [3.8, 4) is 5.88 Å². The molecule has 3 N–H and O–H groups in total. The summed E-state index contributed by atoms with van der Waals surface area (Å²) in [7, 11) is 5.28. The normalized spacial score (nSPS) is 13.2. The largest absolute Gasteiger partial charge is 0.479 e. The number of methoxy groups -OCH3 is 1. The number of rotatable bonds is 9. The molecule has 4 rings (SSSR count). The van der Waals surface area contributed by atoms with E-state index >= 15 is 0 Å². The molecule has 0 aliphatic carbocycles. The first kappa shape index (κ1) is 37.5. The fraction of sp³-hybridized carbons (Fsp3) is 0.406. The van der Waals surface area contributed by atoms with Gasteiger partial charge in [0.2, 0.25) is 11.8 Å². The number of pyridine rings is 1. The fourth-order valence-corrected chi connectivity index (χ4v) is 3.90. The number of aldehydes is 2. The highest BCUT2D eigenvalue weighted by atomic mass is 19.4. The van der Waals surface area contributed by atoms with Crippen LogP contribution >= 0.6 is 0 Å². The SMILES string of the molecule is C=CC=O.CC(C)(C)CC=O.CNc1cccc(Nc2nc(Nc3ccc(N4CCN(C)CC4)nc3OC)ncc2C(F)(F)F)c1. The van der Waals surface area contributed by atoms with Crippen LogP contribution in [0.2, 0.25) is 0 Å². The number of nitrogens with one attached hydrogen (secondary N) is 3. The van der Waals surface area contributed by atoms with Gasteiger partial charge >= 0.3 is 6.18 Å². The van der Waals surface area contributed by atoms with Gasteiger partial charge in [0.25, 0.3) is 0 Å². The summed E-state index contributed by atoms with van der Waals surface area (Å²) in [6.07, 6.45) is -0.435. The Morgan fingerprint density at radius 1 is 1.00 bits per heavy atom. The zero-order valence-electron chi connectivity index (χ0n) is 27.1. The lowest BCUT2D eigenvalue weighted by Gasteiger charge is -2.33. The van der Waals surface area contributed by atoms with Gasteiger partial charge in [-0.25, -0.2) is 4.98 Å². The van der Waals surface area contributed by atoms with Crippen molar-refractivity contribution in [2.24, 2.45) is 5.41 Å². The third-order valence-corrected chi connectivity index (χ3v) is 6.41. The first-order chi connectivity index (χ1) is 21.7. The van der Waals surface area contributed by atoms with E-state index in [0.717, 1.165) is 50.2 Å². The van der Waals surface area contributed by atoms with Gasteiger partial charge in [0.05, 0.1) is 7.11 Å². The average Bonchev–Trinajstić information content (AvgIpc) is 3.01. The number of piperazine rings is 1. The van der Waals surface area contributed by atoms with Crippen LogP contribution in [0.5, 0.6) is 5.88 Å². The van der Waals surface area contributed by atoms with E-state index < -0.39 is 11.7 Å². The van der Waals surface area contributed by atoms with Crippen molar-refractivity contribution >= 4 is 47.2 Å². The summed E-state index contributed by atoms with van der Waals surface area (Å²) in [5.74, 6) is 0.656. The van der Waals surface area contributed by atoms with E-state index in [1.165, 1.54) is 13.2 Å². The minimum absolute atomic E-state index is 0.0299. The van der Waals surface area contributed by atoms with Gasteiger partial charge in [0, 0.05) is 57.2 Å². The predicted octanol–water partition coefficient (Wildman–Crippen LogP) is 6.17. The van der Waals surface area contributed by atoms with E-state index in [1.807, 2.05) is 26.8 Å². The standard InChI is InChI=1S/C23H27F3N8O.C6H12O.C3H4O/c1-27-15-5-4-6-16(13-15)29-20-17(23(24,25)26)14-28-22(32-20)30-18-7-8-19(31-21(18)35-3)34-11-9-33(2)10-12-34;1-6(2,3)4-5-7;1-2-3-4/h4-8,13-14,27H,9-12H2,1-3H3,(H2,28,29,30,32);5H,4H2,1-3H3;2-3H,1H2. The molecule has 0 radical (unpaired) electrons. The molecule has 0 atom stereocenters. The highest BCUT2D eigenvalue weighted by molar-refractivity contribution is 5.68. The van der Waals surface area contributed by atoms with Crippen LogP contribution in [0.15, 0.2) is 55.3 Å². The molecule has 250 valence electrons. The zero-order valence-corrected chi connectivity index (χ0v) is 27.1. The van der Waals surface area contributed by atoms with Crippen molar-refractivity contribution in [3.05, 3.63) is 60.8 Å². The Labute approximate surface area is 268 Å². The summed E-state index contributed by atoms with van der Waals surface area (Å²) in [4.78, 5) is 35.8. The molecule has 1 fully saturated rings. The van der Waals surface area contributed by atoms with Crippen LogP contribution in [0.3, 0.4) is 0 Å². The van der Waals surface area contributed by atoms with E-state index in [-0.39, 0.29) is 17.2 Å². The van der Waals surface area contributed by atoms with Crippen LogP contribution in [0.25, 0.3) is 0 Å². The molecular formula is C32H43F3N8O3. The molecule has 11 nitrogen and oxygen atoms in total. The van der Waals surface area contributed by atoms with Crippen LogP contribution in [0.1, 0.15) is 32.8 Å². The van der Waals surface area contributed by atoms with Crippen molar-refractivity contribution in [2.45, 2.75) is 33.4 Å². The van der Waals surface area contributed by atoms with Crippen LogP contribution in [0.4, 0.5) is 47.8 Å². The van der Waals surface area contributed by atoms with Crippen molar-refractivity contribution in [2.75, 3.05) is 68.2 Å². The third kappa shape index (κ3) is 12.3. The van der Waals surface area contributed by atoms with Crippen LogP contribution < -0.4 is 25.6 Å². The molecule has 46 heavy (non-hydrogen) atoms. The minimum atomic E-state index is -4.63. The van der Waals surface area contributed by atoms with E-state index in [9.17, 15) is 18.0 Å². The number of alkyl halides is 3. The second kappa shape index (κ2) is 17.7. The van der Waals surface area contributed by atoms with E-state index in [1.54, 1.807) is 37.4 Å². The third-order valence-electron chi connectivity index (χ3n) is 6.41. The lowest BCUT2D eigenvalue weighted by atomic mass is 9.93. The van der Waals surface area contributed by atoms with Crippen molar-refractivity contribution in [1.29, 1.82) is 0 Å². The quantitative estimate of drug-likeness (QED) is 0.183. The number of anilines is 6. The number of halogens is 3. The summed E-state index contributed by atoms with van der Waals surface area (Å²) < 4.78 is 46.3. The van der Waals surface area contributed by atoms with Gasteiger partial charge in [-0.05, 0) is 48.9 Å². The second-order valence-electron chi connectivity index (χ2n) is 11.4. The molecule has 1 aliphatic rings. The predicted molar refractivity (Wildman–Crippen MR) is 176 cm³/mol. The number of likely N-dealkylation sites (N-methyl/N-ethyl adjacent to an activating group) is 1. The molecule has 0 amide bonds. The number of hydrogen-bond acceptors (Lipinski definition) is 11. The Kier molecular flexibility index (Phi) is 14.4. The monoisotopic (exact) mass is 644 g/mol. The Morgan fingerprint density at radius 2 is 1.65 bits per heavy atom. The number of aromatic nitrogens is 3. The maximum atomic E-state index is 13.6. The Balaban J connectivity index is 0.000000577. The maximum absolute atomic E-state index is 13.6. The van der Waals surface area contributed by atoms with E-state index in [0.29, 0.717) is 30.0 Å². The number of allylic oxidation sites excluding steroid dienone is 1. The van der Waals surface area contributed by atoms with Gasteiger partial charge in [0.15, 0.2) is 0 Å². The molecule has 1 aromatic carbocycles. The molecule has 3 aromatic rings. The molecule has 14 heteroatoms. The number of nitrogens with zero attached hydrogens (tertiary/aromatic N) is 5.